The van der Waals surface area contributed by atoms with Crippen LogP contribution in [0.3, 0.4) is 0 Å². The number of nitro groups is 1. The highest BCUT2D eigenvalue weighted by molar-refractivity contribution is 7.80. The van der Waals surface area contributed by atoms with Gasteiger partial charge in [-0.05, 0) is 47.5 Å². The van der Waals surface area contributed by atoms with Crippen LogP contribution in [0.2, 0.25) is 10.0 Å². The molecule has 0 bridgehead atoms. The highest BCUT2D eigenvalue weighted by atomic mass is 35.5. The van der Waals surface area contributed by atoms with Crippen molar-refractivity contribution in [3.8, 4) is 0 Å². The third-order valence-corrected chi connectivity index (χ3v) is 4.86. The molecule has 3 N–H and O–H groups in total. The molecule has 0 spiro atoms. The first kappa shape index (κ1) is 20.1. The lowest BCUT2D eigenvalue weighted by Crippen LogP contribution is -2.20. The summed E-state index contributed by atoms with van der Waals surface area (Å²) in [5.41, 5.74) is 8.44. The third kappa shape index (κ3) is 4.59. The van der Waals surface area contributed by atoms with Crippen LogP contribution < -0.4 is 11.1 Å². The maximum atomic E-state index is 11.5. The molecule has 0 aromatic heterocycles. The van der Waals surface area contributed by atoms with Gasteiger partial charge < -0.3 is 11.1 Å². The number of nitro benzene ring substituents is 1. The minimum Gasteiger partial charge on any atom is -0.393 e. The van der Waals surface area contributed by atoms with Gasteiger partial charge in [-0.2, -0.15) is 0 Å². The fourth-order valence-electron chi connectivity index (χ4n) is 2.89. The maximum absolute atomic E-state index is 11.5. The van der Waals surface area contributed by atoms with Crippen LogP contribution in [0.4, 0.5) is 17.1 Å². The van der Waals surface area contributed by atoms with Crippen molar-refractivity contribution in [1.29, 1.82) is 0 Å². The largest absolute Gasteiger partial charge is 0.393 e. The van der Waals surface area contributed by atoms with E-state index in [9.17, 15) is 10.1 Å². The Morgan fingerprint density at radius 2 is 1.68 bits per heavy atom. The van der Waals surface area contributed by atoms with E-state index in [2.05, 4.69) is 5.32 Å². The quantitative estimate of drug-likeness (QED) is 0.281. The Labute approximate surface area is 177 Å². The van der Waals surface area contributed by atoms with Crippen molar-refractivity contribution in [1.82, 2.24) is 0 Å². The second kappa shape index (κ2) is 8.56. The van der Waals surface area contributed by atoms with Crippen LogP contribution in [-0.4, -0.2) is 9.91 Å². The lowest BCUT2D eigenvalue weighted by molar-refractivity contribution is -0.383. The van der Waals surface area contributed by atoms with Gasteiger partial charge in [-0.3, -0.25) is 10.1 Å². The standard InChI is InChI=1S/C20H15Cl2N3O2S/c21-14-7-4-12(5-8-14)19(20(23)28)13-6-9-18(25(26)27)17(10-13)24-16-3-1-2-15(22)11-16/h1-11,19,24H,(H2,23,28). The fourth-order valence-corrected chi connectivity index (χ4v) is 3.48. The summed E-state index contributed by atoms with van der Waals surface area (Å²) in [5.74, 6) is -0.409. The van der Waals surface area contributed by atoms with E-state index < -0.39 is 10.8 Å². The van der Waals surface area contributed by atoms with Crippen molar-refractivity contribution in [2.24, 2.45) is 5.73 Å². The average molecular weight is 432 g/mol. The van der Waals surface area contributed by atoms with Crippen molar-refractivity contribution in [3.05, 3.63) is 98.0 Å². The first-order valence-corrected chi connectivity index (χ1v) is 9.37. The van der Waals surface area contributed by atoms with Gasteiger partial charge >= 0.3 is 0 Å². The second-order valence-electron chi connectivity index (χ2n) is 6.06. The molecule has 1 atom stereocenters. The van der Waals surface area contributed by atoms with Gasteiger partial charge in [-0.15, -0.1) is 0 Å². The molecule has 142 valence electrons. The van der Waals surface area contributed by atoms with Crippen LogP contribution in [0.1, 0.15) is 17.0 Å². The van der Waals surface area contributed by atoms with Gasteiger partial charge in [0.05, 0.1) is 15.8 Å². The summed E-state index contributed by atoms with van der Waals surface area (Å²) in [6.45, 7) is 0. The Kier molecular flexibility index (Phi) is 6.14. The fraction of sp³-hybridized carbons (Fsp3) is 0.0500. The zero-order valence-corrected chi connectivity index (χ0v) is 16.8. The van der Waals surface area contributed by atoms with Gasteiger partial charge in [0, 0.05) is 21.8 Å². The molecule has 0 heterocycles. The van der Waals surface area contributed by atoms with E-state index in [4.69, 9.17) is 41.2 Å². The van der Waals surface area contributed by atoms with E-state index in [-0.39, 0.29) is 10.7 Å². The van der Waals surface area contributed by atoms with Crippen LogP contribution in [0, 0.1) is 10.1 Å². The van der Waals surface area contributed by atoms with E-state index in [1.165, 1.54) is 6.07 Å². The molecular weight excluding hydrogens is 417 g/mol. The number of hydrogen-bond acceptors (Lipinski definition) is 4. The number of anilines is 2. The highest BCUT2D eigenvalue weighted by Crippen LogP contribution is 2.34. The van der Waals surface area contributed by atoms with E-state index in [1.807, 2.05) is 12.1 Å². The SMILES string of the molecule is NC(=S)C(c1ccc(Cl)cc1)c1ccc([N+](=O)[O-])c(Nc2cccc(Cl)c2)c1. The van der Waals surface area contributed by atoms with Crippen molar-refractivity contribution < 1.29 is 4.92 Å². The predicted octanol–water partition coefficient (Wildman–Crippen LogP) is 6.06. The predicted molar refractivity (Wildman–Crippen MR) is 118 cm³/mol. The normalized spacial score (nSPS) is 11.6. The Morgan fingerprint density at radius 1 is 1.00 bits per heavy atom. The Bertz CT molecular complexity index is 1040. The lowest BCUT2D eigenvalue weighted by atomic mass is 9.90. The summed E-state index contributed by atoms with van der Waals surface area (Å²) in [6, 6.07) is 18.9. The van der Waals surface area contributed by atoms with Crippen LogP contribution in [0.5, 0.6) is 0 Å². The van der Waals surface area contributed by atoms with Gasteiger partial charge in [-0.25, -0.2) is 0 Å². The summed E-state index contributed by atoms with van der Waals surface area (Å²) in [7, 11) is 0. The Hall–Kier alpha value is -2.67. The maximum Gasteiger partial charge on any atom is 0.292 e. The molecule has 3 aromatic carbocycles. The van der Waals surface area contributed by atoms with Gasteiger partial charge in [0.25, 0.3) is 5.69 Å². The first-order valence-electron chi connectivity index (χ1n) is 8.21. The molecule has 0 aliphatic heterocycles. The number of nitrogens with two attached hydrogens (primary N) is 1. The van der Waals surface area contributed by atoms with Crippen molar-refractivity contribution >= 4 is 57.5 Å². The minimum absolute atomic E-state index is 0.0680. The molecule has 5 nitrogen and oxygen atoms in total. The molecule has 3 aromatic rings. The van der Waals surface area contributed by atoms with Crippen molar-refractivity contribution in [2.75, 3.05) is 5.32 Å². The molecule has 28 heavy (non-hydrogen) atoms. The first-order chi connectivity index (χ1) is 13.3. The zero-order valence-electron chi connectivity index (χ0n) is 14.4. The van der Waals surface area contributed by atoms with Crippen LogP contribution in [0.15, 0.2) is 66.7 Å². The number of benzene rings is 3. The van der Waals surface area contributed by atoms with Crippen molar-refractivity contribution in [2.45, 2.75) is 5.92 Å². The summed E-state index contributed by atoms with van der Waals surface area (Å²) in [6.07, 6.45) is 0. The number of nitrogens with zero attached hydrogens (tertiary/aromatic N) is 1. The average Bonchev–Trinajstić information content (AvgIpc) is 2.63. The molecule has 3 rings (SSSR count). The van der Waals surface area contributed by atoms with E-state index in [0.29, 0.717) is 21.4 Å². The van der Waals surface area contributed by atoms with Gasteiger partial charge in [0.1, 0.15) is 5.69 Å². The topological polar surface area (TPSA) is 81.2 Å². The summed E-state index contributed by atoms with van der Waals surface area (Å²) in [4.78, 5) is 11.3. The molecule has 0 fully saturated rings. The lowest BCUT2D eigenvalue weighted by Gasteiger charge is -2.18. The Morgan fingerprint density at radius 3 is 2.29 bits per heavy atom. The number of rotatable bonds is 6. The number of hydrogen-bond donors (Lipinski definition) is 2. The minimum atomic E-state index is -0.450. The third-order valence-electron chi connectivity index (χ3n) is 4.14. The van der Waals surface area contributed by atoms with E-state index in [1.54, 1.807) is 48.5 Å². The zero-order chi connectivity index (χ0) is 20.3. The number of thiocarbonyl (C=S) groups is 1. The van der Waals surface area contributed by atoms with Gasteiger partial charge in [-0.1, -0.05) is 59.7 Å². The summed E-state index contributed by atoms with van der Waals surface area (Å²) < 4.78 is 0. The van der Waals surface area contributed by atoms with Gasteiger partial charge in [0.2, 0.25) is 0 Å². The van der Waals surface area contributed by atoms with Crippen LogP contribution in [-0.2, 0) is 0 Å². The second-order valence-corrected chi connectivity index (χ2v) is 7.40. The molecule has 0 saturated heterocycles. The molecule has 0 saturated carbocycles. The summed E-state index contributed by atoms with van der Waals surface area (Å²) >= 11 is 17.2. The monoisotopic (exact) mass is 431 g/mol. The molecule has 0 aliphatic carbocycles. The van der Waals surface area contributed by atoms with Crippen molar-refractivity contribution in [3.63, 3.8) is 0 Å². The number of nitrogens with one attached hydrogen (secondary N) is 1. The number of halogens is 2. The molecule has 8 heteroatoms. The van der Waals surface area contributed by atoms with Crippen LogP contribution in [0.25, 0.3) is 0 Å². The van der Waals surface area contributed by atoms with Crippen LogP contribution >= 0.6 is 35.4 Å². The highest BCUT2D eigenvalue weighted by Gasteiger charge is 2.22. The Balaban J connectivity index is 2.06. The summed E-state index contributed by atoms with van der Waals surface area (Å²) in [5, 5.41) is 15.6. The smallest absolute Gasteiger partial charge is 0.292 e. The van der Waals surface area contributed by atoms with E-state index in [0.717, 1.165) is 11.1 Å². The van der Waals surface area contributed by atoms with E-state index >= 15 is 0 Å². The van der Waals surface area contributed by atoms with Gasteiger partial charge in [0.15, 0.2) is 0 Å². The molecule has 0 aliphatic rings. The molecule has 1 unspecified atom stereocenters. The molecular formula is C20H15Cl2N3O2S. The molecule has 0 amide bonds. The molecule has 0 radical (unpaired) electrons.